The maximum absolute atomic E-state index is 5.06. The molecule has 18 heavy (non-hydrogen) atoms. The number of nitrogens with one attached hydrogen (secondary N) is 1. The third kappa shape index (κ3) is 2.50. The van der Waals surface area contributed by atoms with Gasteiger partial charge in [-0.1, -0.05) is 6.07 Å². The summed E-state index contributed by atoms with van der Waals surface area (Å²) in [5.41, 5.74) is 3.66. The Morgan fingerprint density at radius 3 is 2.83 bits per heavy atom. The van der Waals surface area contributed by atoms with Gasteiger partial charge in [-0.15, -0.1) is 0 Å². The SMILES string of the molecule is c1cc(NCc2ccoc2)cc(N2CCCC2)c1. The van der Waals surface area contributed by atoms with E-state index in [1.807, 2.05) is 6.07 Å². The van der Waals surface area contributed by atoms with E-state index in [0.717, 1.165) is 6.54 Å². The molecule has 1 aromatic carbocycles. The van der Waals surface area contributed by atoms with E-state index in [9.17, 15) is 0 Å². The van der Waals surface area contributed by atoms with E-state index in [1.54, 1.807) is 12.5 Å². The Morgan fingerprint density at radius 2 is 2.06 bits per heavy atom. The molecule has 0 aliphatic carbocycles. The van der Waals surface area contributed by atoms with Gasteiger partial charge in [-0.05, 0) is 37.1 Å². The molecule has 0 atom stereocenters. The van der Waals surface area contributed by atoms with Gasteiger partial charge in [0.15, 0.2) is 0 Å². The van der Waals surface area contributed by atoms with E-state index in [-0.39, 0.29) is 0 Å². The Balaban J connectivity index is 1.66. The monoisotopic (exact) mass is 242 g/mol. The quantitative estimate of drug-likeness (QED) is 0.889. The smallest absolute Gasteiger partial charge is 0.0952 e. The lowest BCUT2D eigenvalue weighted by Gasteiger charge is -2.18. The van der Waals surface area contributed by atoms with Gasteiger partial charge in [-0.3, -0.25) is 0 Å². The summed E-state index contributed by atoms with van der Waals surface area (Å²) in [6.45, 7) is 3.18. The van der Waals surface area contributed by atoms with Crippen molar-refractivity contribution in [2.45, 2.75) is 19.4 Å². The first-order valence-corrected chi connectivity index (χ1v) is 6.52. The minimum atomic E-state index is 0.806. The van der Waals surface area contributed by atoms with Crippen LogP contribution in [0.5, 0.6) is 0 Å². The molecule has 1 aliphatic rings. The molecule has 94 valence electrons. The molecule has 2 aromatic rings. The van der Waals surface area contributed by atoms with Crippen molar-refractivity contribution < 1.29 is 4.42 Å². The van der Waals surface area contributed by atoms with E-state index >= 15 is 0 Å². The second kappa shape index (κ2) is 5.17. The summed E-state index contributed by atoms with van der Waals surface area (Å²) in [4.78, 5) is 2.45. The topological polar surface area (TPSA) is 28.4 Å². The second-order valence-corrected chi connectivity index (χ2v) is 4.73. The van der Waals surface area contributed by atoms with Gasteiger partial charge in [0.05, 0.1) is 12.5 Å². The Morgan fingerprint density at radius 1 is 1.17 bits per heavy atom. The molecule has 0 bridgehead atoms. The zero-order valence-electron chi connectivity index (χ0n) is 10.4. The first kappa shape index (κ1) is 11.2. The molecule has 0 saturated carbocycles. The molecular weight excluding hydrogens is 224 g/mol. The van der Waals surface area contributed by atoms with Crippen molar-refractivity contribution in [1.29, 1.82) is 0 Å². The largest absolute Gasteiger partial charge is 0.472 e. The highest BCUT2D eigenvalue weighted by molar-refractivity contribution is 5.58. The lowest BCUT2D eigenvalue weighted by atomic mass is 10.2. The Labute approximate surface area is 107 Å². The number of nitrogens with zero attached hydrogens (tertiary/aromatic N) is 1. The molecule has 1 aromatic heterocycles. The number of rotatable bonds is 4. The lowest BCUT2D eigenvalue weighted by Crippen LogP contribution is -2.17. The Bertz CT molecular complexity index is 487. The minimum Gasteiger partial charge on any atom is -0.472 e. The van der Waals surface area contributed by atoms with Crippen molar-refractivity contribution in [2.75, 3.05) is 23.3 Å². The zero-order valence-corrected chi connectivity index (χ0v) is 10.4. The molecule has 1 aliphatic heterocycles. The fourth-order valence-corrected chi connectivity index (χ4v) is 2.39. The first-order valence-electron chi connectivity index (χ1n) is 6.52. The maximum Gasteiger partial charge on any atom is 0.0952 e. The van der Waals surface area contributed by atoms with Crippen molar-refractivity contribution in [3.05, 3.63) is 48.4 Å². The van der Waals surface area contributed by atoms with Crippen molar-refractivity contribution >= 4 is 11.4 Å². The van der Waals surface area contributed by atoms with Crippen LogP contribution in [0.4, 0.5) is 11.4 Å². The molecule has 2 heterocycles. The van der Waals surface area contributed by atoms with Gasteiger partial charge in [-0.25, -0.2) is 0 Å². The van der Waals surface area contributed by atoms with Crippen LogP contribution in [0, 0.1) is 0 Å². The van der Waals surface area contributed by atoms with Crippen molar-refractivity contribution in [2.24, 2.45) is 0 Å². The molecule has 1 saturated heterocycles. The van der Waals surface area contributed by atoms with E-state index in [4.69, 9.17) is 4.42 Å². The molecule has 1 fully saturated rings. The van der Waals surface area contributed by atoms with Gasteiger partial charge in [0.25, 0.3) is 0 Å². The molecule has 0 unspecified atom stereocenters. The van der Waals surface area contributed by atoms with Crippen LogP contribution in [-0.4, -0.2) is 13.1 Å². The Hall–Kier alpha value is -1.90. The van der Waals surface area contributed by atoms with Crippen LogP contribution in [0.15, 0.2) is 47.3 Å². The molecule has 0 spiro atoms. The highest BCUT2D eigenvalue weighted by Crippen LogP contribution is 2.23. The lowest BCUT2D eigenvalue weighted by molar-refractivity contribution is 0.564. The van der Waals surface area contributed by atoms with E-state index in [0.29, 0.717) is 0 Å². The van der Waals surface area contributed by atoms with Gasteiger partial charge in [0.1, 0.15) is 0 Å². The van der Waals surface area contributed by atoms with Crippen LogP contribution in [0.2, 0.25) is 0 Å². The van der Waals surface area contributed by atoms with Gasteiger partial charge >= 0.3 is 0 Å². The summed E-state index contributed by atoms with van der Waals surface area (Å²) in [7, 11) is 0. The maximum atomic E-state index is 5.06. The molecule has 3 nitrogen and oxygen atoms in total. The van der Waals surface area contributed by atoms with E-state index < -0.39 is 0 Å². The van der Waals surface area contributed by atoms with Crippen LogP contribution in [-0.2, 0) is 6.54 Å². The second-order valence-electron chi connectivity index (χ2n) is 4.73. The summed E-state index contributed by atoms with van der Waals surface area (Å²) < 4.78 is 5.06. The fourth-order valence-electron chi connectivity index (χ4n) is 2.39. The van der Waals surface area contributed by atoms with Crippen molar-refractivity contribution in [1.82, 2.24) is 0 Å². The average Bonchev–Trinajstić information content (AvgIpc) is 3.10. The molecule has 3 heteroatoms. The highest BCUT2D eigenvalue weighted by Gasteiger charge is 2.12. The number of benzene rings is 1. The van der Waals surface area contributed by atoms with E-state index in [2.05, 4.69) is 34.5 Å². The van der Waals surface area contributed by atoms with Gasteiger partial charge < -0.3 is 14.6 Å². The first-order chi connectivity index (χ1) is 8.92. The van der Waals surface area contributed by atoms with Crippen LogP contribution in [0.3, 0.4) is 0 Å². The molecule has 0 amide bonds. The predicted molar refractivity (Wildman–Crippen MR) is 73.9 cm³/mol. The van der Waals surface area contributed by atoms with Crippen molar-refractivity contribution in [3.8, 4) is 0 Å². The Kier molecular flexibility index (Phi) is 3.22. The highest BCUT2D eigenvalue weighted by atomic mass is 16.3. The van der Waals surface area contributed by atoms with Crippen LogP contribution >= 0.6 is 0 Å². The molecular formula is C15H18N2O. The molecule has 0 radical (unpaired) electrons. The van der Waals surface area contributed by atoms with Crippen LogP contribution in [0.25, 0.3) is 0 Å². The number of furan rings is 1. The summed E-state index contributed by atoms with van der Waals surface area (Å²) in [6, 6.07) is 10.6. The summed E-state index contributed by atoms with van der Waals surface area (Å²) in [5, 5.41) is 3.42. The average molecular weight is 242 g/mol. The number of hydrogen-bond acceptors (Lipinski definition) is 3. The predicted octanol–water partition coefficient (Wildman–Crippen LogP) is 3.49. The summed E-state index contributed by atoms with van der Waals surface area (Å²) in [5.74, 6) is 0. The standard InChI is InChI=1S/C15H18N2O/c1-2-8-17(7-1)15-5-3-4-14(10-15)16-11-13-6-9-18-12-13/h3-6,9-10,12,16H,1-2,7-8,11H2. The third-order valence-electron chi connectivity index (χ3n) is 3.39. The third-order valence-corrected chi connectivity index (χ3v) is 3.39. The zero-order chi connectivity index (χ0) is 12.2. The molecule has 1 N–H and O–H groups in total. The minimum absolute atomic E-state index is 0.806. The van der Waals surface area contributed by atoms with Crippen molar-refractivity contribution in [3.63, 3.8) is 0 Å². The van der Waals surface area contributed by atoms with Gasteiger partial charge in [0, 0.05) is 36.6 Å². The van der Waals surface area contributed by atoms with Gasteiger partial charge in [0.2, 0.25) is 0 Å². The van der Waals surface area contributed by atoms with Crippen LogP contribution < -0.4 is 10.2 Å². The fraction of sp³-hybridized carbons (Fsp3) is 0.333. The number of hydrogen-bond donors (Lipinski definition) is 1. The normalized spacial score (nSPS) is 15.0. The summed E-state index contributed by atoms with van der Waals surface area (Å²) >= 11 is 0. The molecule has 3 rings (SSSR count). The van der Waals surface area contributed by atoms with Gasteiger partial charge in [-0.2, -0.15) is 0 Å². The summed E-state index contributed by atoms with van der Waals surface area (Å²) in [6.07, 6.45) is 6.11. The van der Waals surface area contributed by atoms with E-state index in [1.165, 1.54) is 42.9 Å². The van der Waals surface area contributed by atoms with Crippen LogP contribution in [0.1, 0.15) is 18.4 Å². The number of anilines is 2.